The van der Waals surface area contributed by atoms with E-state index >= 15 is 0 Å². The first-order valence-corrected chi connectivity index (χ1v) is 18.6. The molecule has 4 N–H and O–H groups in total. The van der Waals surface area contributed by atoms with Crippen molar-refractivity contribution in [3.05, 3.63) is 47.5 Å². The number of esters is 2. The lowest BCUT2D eigenvalue weighted by Gasteiger charge is -2.65. The number of nitrogens with two attached hydrogens (primary N) is 1. The van der Waals surface area contributed by atoms with E-state index in [2.05, 4.69) is 24.5 Å². The number of hydrogen-bond acceptors (Lipinski definition) is 12. The van der Waals surface area contributed by atoms with Gasteiger partial charge in [-0.05, 0) is 104 Å². The van der Waals surface area contributed by atoms with Gasteiger partial charge in [-0.25, -0.2) is 9.59 Å². The smallest absolute Gasteiger partial charge is 0.412 e. The van der Waals surface area contributed by atoms with E-state index in [0.717, 1.165) is 30.4 Å². The summed E-state index contributed by atoms with van der Waals surface area (Å²) < 4.78 is 37.8. The highest BCUT2D eigenvalue weighted by atomic mass is 16.7. The van der Waals surface area contributed by atoms with E-state index in [1.165, 1.54) is 33.3 Å². The Kier molecular flexibility index (Phi) is 11.2. The third-order valence-corrected chi connectivity index (χ3v) is 11.5. The average Bonchev–Trinajstić information content (AvgIpc) is 3.42. The second-order valence-corrected chi connectivity index (χ2v) is 16.4. The average molecular weight is 752 g/mol. The molecule has 5 aliphatic rings. The molecule has 0 aromatic heterocycles. The molecule has 54 heavy (non-hydrogen) atoms. The molecule has 2 amide bonds. The van der Waals surface area contributed by atoms with Crippen LogP contribution in [-0.2, 0) is 36.6 Å². The third kappa shape index (κ3) is 8.80. The third-order valence-electron chi connectivity index (χ3n) is 11.5. The van der Waals surface area contributed by atoms with E-state index in [0.29, 0.717) is 36.9 Å². The number of amides is 2. The second-order valence-electron chi connectivity index (χ2n) is 16.4. The van der Waals surface area contributed by atoms with E-state index in [4.69, 9.17) is 38.9 Å². The normalized spacial score (nSPS) is 29.0. The molecule has 7 rings (SSSR count). The molecular formula is C40H53N3O11. The molecule has 2 aromatic rings. The van der Waals surface area contributed by atoms with Crippen LogP contribution < -0.4 is 35.3 Å². The molecule has 0 radical (unpaired) electrons. The standard InChI is InChI=1S/C40H53N3O11/c1-23(53-37(47)43-40-17-26-15-38(2,21-40)20-39(3,16-26)22-40)52-35(45)29(41)18-42-36(46)54-31-10-8-25(14-33(31)50-6)12-28-27(19-51-34(28)44)11-24-7-9-30(48-4)32(13-24)49-5/h7-10,13-14,23,26-29H,11-12,15-22,41H2,1-6H3,(H,42,46)(H,43,47)/t23?,26?,27-,28+,29-,38?,39?,40?/m0/s1. The maximum Gasteiger partial charge on any atom is 0.412 e. The zero-order chi connectivity index (χ0) is 38.8. The minimum Gasteiger partial charge on any atom is -0.493 e. The summed E-state index contributed by atoms with van der Waals surface area (Å²) in [4.78, 5) is 51.0. The van der Waals surface area contributed by atoms with E-state index in [-0.39, 0.29) is 46.3 Å². The molecule has 3 unspecified atom stereocenters. The first kappa shape index (κ1) is 39.0. The van der Waals surface area contributed by atoms with Crippen molar-refractivity contribution >= 4 is 24.1 Å². The van der Waals surface area contributed by atoms with Crippen LogP contribution >= 0.6 is 0 Å². The molecule has 4 bridgehead atoms. The predicted molar refractivity (Wildman–Crippen MR) is 195 cm³/mol. The number of carbonyl (C=O) groups is 4. The Bertz CT molecular complexity index is 1730. The summed E-state index contributed by atoms with van der Waals surface area (Å²) in [6.45, 7) is 6.07. The van der Waals surface area contributed by atoms with Gasteiger partial charge in [-0.3, -0.25) is 9.59 Å². The van der Waals surface area contributed by atoms with Gasteiger partial charge >= 0.3 is 24.1 Å². The van der Waals surface area contributed by atoms with Gasteiger partial charge in [0.2, 0.25) is 6.29 Å². The lowest BCUT2D eigenvalue weighted by molar-refractivity contribution is -0.167. The van der Waals surface area contributed by atoms with E-state index in [1.807, 2.05) is 18.2 Å². The molecule has 1 aliphatic heterocycles. The number of nitrogens with one attached hydrogen (secondary N) is 2. The molecule has 1 heterocycles. The van der Waals surface area contributed by atoms with Gasteiger partial charge in [0.15, 0.2) is 23.0 Å². The monoisotopic (exact) mass is 751 g/mol. The number of benzene rings is 2. The molecule has 5 fully saturated rings. The van der Waals surface area contributed by atoms with Crippen molar-refractivity contribution in [3.63, 3.8) is 0 Å². The number of ether oxygens (including phenoxy) is 7. The van der Waals surface area contributed by atoms with Crippen LogP contribution in [0.2, 0.25) is 0 Å². The Labute approximate surface area is 316 Å². The fourth-order valence-electron chi connectivity index (χ4n) is 10.2. The quantitative estimate of drug-likeness (QED) is 0.173. The van der Waals surface area contributed by atoms with Gasteiger partial charge < -0.3 is 49.5 Å². The molecule has 0 spiro atoms. The van der Waals surface area contributed by atoms with Crippen LogP contribution in [0.4, 0.5) is 9.59 Å². The summed E-state index contributed by atoms with van der Waals surface area (Å²) in [6, 6.07) is 9.43. The maximum atomic E-state index is 12.9. The van der Waals surface area contributed by atoms with Gasteiger partial charge in [0, 0.05) is 24.9 Å². The summed E-state index contributed by atoms with van der Waals surface area (Å²) >= 11 is 0. The van der Waals surface area contributed by atoms with Gasteiger partial charge in [0.25, 0.3) is 0 Å². The van der Waals surface area contributed by atoms with Crippen LogP contribution in [-0.4, -0.2) is 76.5 Å². The van der Waals surface area contributed by atoms with Crippen LogP contribution in [0.3, 0.4) is 0 Å². The van der Waals surface area contributed by atoms with Crippen molar-refractivity contribution in [1.29, 1.82) is 0 Å². The number of methoxy groups -OCH3 is 3. The molecule has 6 atom stereocenters. The zero-order valence-corrected chi connectivity index (χ0v) is 32.0. The van der Waals surface area contributed by atoms with Gasteiger partial charge in [0.05, 0.1) is 33.9 Å². The summed E-state index contributed by atoms with van der Waals surface area (Å²) in [5, 5.41) is 5.58. The largest absolute Gasteiger partial charge is 0.493 e. The predicted octanol–water partition coefficient (Wildman–Crippen LogP) is 5.07. The van der Waals surface area contributed by atoms with Gasteiger partial charge in [-0.1, -0.05) is 26.0 Å². The molecule has 4 aliphatic carbocycles. The minimum absolute atomic E-state index is 0.0650. The van der Waals surface area contributed by atoms with Crippen LogP contribution in [0.25, 0.3) is 0 Å². The van der Waals surface area contributed by atoms with Crippen LogP contribution in [0.1, 0.15) is 70.4 Å². The zero-order valence-electron chi connectivity index (χ0n) is 32.0. The summed E-state index contributed by atoms with van der Waals surface area (Å²) in [5.41, 5.74) is 7.86. The maximum absolute atomic E-state index is 12.9. The number of hydrogen-bond donors (Lipinski definition) is 3. The van der Waals surface area contributed by atoms with Crippen molar-refractivity contribution in [1.82, 2.24) is 10.6 Å². The summed E-state index contributed by atoms with van der Waals surface area (Å²) in [5.74, 6) is 0.625. The van der Waals surface area contributed by atoms with Crippen LogP contribution in [0.5, 0.6) is 23.0 Å². The first-order valence-electron chi connectivity index (χ1n) is 18.6. The fourth-order valence-corrected chi connectivity index (χ4v) is 10.2. The Hall–Kier alpha value is -4.72. The number of cyclic esters (lactones) is 1. The van der Waals surface area contributed by atoms with Crippen molar-refractivity contribution < 1.29 is 52.3 Å². The highest BCUT2D eigenvalue weighted by Crippen LogP contribution is 2.66. The number of alkyl carbamates (subject to hydrolysis) is 1. The number of rotatable bonds is 14. The van der Waals surface area contributed by atoms with Crippen molar-refractivity contribution in [3.8, 4) is 23.0 Å². The first-order chi connectivity index (χ1) is 25.6. The fraction of sp³-hybridized carbons (Fsp3) is 0.600. The second kappa shape index (κ2) is 15.6. The molecule has 14 heteroatoms. The van der Waals surface area contributed by atoms with E-state index < -0.39 is 36.4 Å². The highest BCUT2D eigenvalue weighted by Gasteiger charge is 2.60. The molecule has 1 saturated heterocycles. The van der Waals surface area contributed by atoms with Crippen molar-refractivity contribution in [2.75, 3.05) is 34.5 Å². The summed E-state index contributed by atoms with van der Waals surface area (Å²) in [6.07, 6.45) is 4.63. The van der Waals surface area contributed by atoms with E-state index in [1.54, 1.807) is 32.4 Å². The van der Waals surface area contributed by atoms with Gasteiger partial charge in [0.1, 0.15) is 6.04 Å². The Balaban J connectivity index is 0.956. The van der Waals surface area contributed by atoms with Gasteiger partial charge in [-0.2, -0.15) is 0 Å². The SMILES string of the molecule is COc1ccc(C[C@H]2COC(=O)[C@@H]2Cc2ccc(OC(=O)NC[C@H](N)C(=O)OC(C)OC(=O)NC34CC5CC(C)(CC(C)(C5)C3)C4)c(OC)c2)cc1OC. The van der Waals surface area contributed by atoms with Crippen LogP contribution in [0, 0.1) is 28.6 Å². The van der Waals surface area contributed by atoms with Crippen molar-refractivity contribution in [2.45, 2.75) is 90.0 Å². The van der Waals surface area contributed by atoms with Crippen molar-refractivity contribution in [2.24, 2.45) is 34.3 Å². The topological polar surface area (TPSA) is 183 Å². The van der Waals surface area contributed by atoms with E-state index in [9.17, 15) is 19.2 Å². The Morgan fingerprint density at radius 3 is 2.07 bits per heavy atom. The van der Waals surface area contributed by atoms with Crippen LogP contribution in [0.15, 0.2) is 36.4 Å². The summed E-state index contributed by atoms with van der Waals surface area (Å²) in [7, 11) is 4.59. The minimum atomic E-state index is -1.25. The molecule has 4 saturated carbocycles. The lowest BCUT2D eigenvalue weighted by atomic mass is 9.43. The molecule has 294 valence electrons. The molecule has 14 nitrogen and oxygen atoms in total. The van der Waals surface area contributed by atoms with Gasteiger partial charge in [-0.15, -0.1) is 0 Å². The Morgan fingerprint density at radius 1 is 0.833 bits per heavy atom. The molecular weight excluding hydrogens is 698 g/mol. The highest BCUT2D eigenvalue weighted by molar-refractivity contribution is 5.78. The number of carbonyl (C=O) groups excluding carboxylic acids is 4. The molecule has 2 aromatic carbocycles. The lowest BCUT2D eigenvalue weighted by Crippen LogP contribution is -2.65. The Morgan fingerprint density at radius 2 is 1.44 bits per heavy atom.